The van der Waals surface area contributed by atoms with E-state index in [4.69, 9.17) is 24.1 Å². The predicted octanol–water partition coefficient (Wildman–Crippen LogP) is 4.38. The minimum absolute atomic E-state index is 0.0169. The number of hydrogen-bond acceptors (Lipinski definition) is 19. The van der Waals surface area contributed by atoms with Crippen molar-refractivity contribution in [1.29, 1.82) is 0 Å². The van der Waals surface area contributed by atoms with E-state index in [1.54, 1.807) is 24.1 Å². The van der Waals surface area contributed by atoms with Crippen molar-refractivity contribution in [2.24, 2.45) is 4.99 Å². The minimum atomic E-state index is -5.68. The molecule has 6 atom stereocenters. The molecule has 4 heterocycles. The normalized spacial score (nSPS) is 18.8. The number of phosphoric acid groups is 2. The van der Waals surface area contributed by atoms with Gasteiger partial charge in [-0.1, -0.05) is 18.2 Å². The van der Waals surface area contributed by atoms with Crippen LogP contribution in [0.15, 0.2) is 70.6 Å². The largest absolute Gasteiger partial charge is 0.488 e. The van der Waals surface area contributed by atoms with Crippen molar-refractivity contribution in [3.8, 4) is 22.5 Å². The number of fused-ring (bicyclic) bond motifs is 3. The number of aryl methyl sites for hydroxylation is 2. The number of rotatable bonds is 21. The van der Waals surface area contributed by atoms with Gasteiger partial charge in [0, 0.05) is 86.1 Å². The average molecular weight is 1100 g/mol. The van der Waals surface area contributed by atoms with E-state index in [1.165, 1.54) is 10.9 Å². The fourth-order valence-corrected chi connectivity index (χ4v) is 12.0. The zero-order chi connectivity index (χ0) is 53.7. The second kappa shape index (κ2) is 23.4. The summed E-state index contributed by atoms with van der Waals surface area (Å²) in [7, 11) is -9.61. The summed E-state index contributed by atoms with van der Waals surface area (Å²) in [5, 5.41) is 21.5. The lowest BCUT2D eigenvalue weighted by molar-refractivity contribution is -0.121. The number of aromatic nitrogens is 4. The molecule has 26 nitrogen and oxygen atoms in total. The monoisotopic (exact) mass is 1100 g/mol. The zero-order valence-corrected chi connectivity index (χ0v) is 44.0. The second-order valence-electron chi connectivity index (χ2n) is 16.8. The summed E-state index contributed by atoms with van der Waals surface area (Å²) in [5.74, 6) is -0.0355. The number of benzene rings is 3. The van der Waals surface area contributed by atoms with Crippen LogP contribution in [0.2, 0.25) is 0 Å². The lowest BCUT2D eigenvalue weighted by Gasteiger charge is -2.22. The summed E-state index contributed by atoms with van der Waals surface area (Å²) in [5.41, 5.74) is 12.4. The molecule has 0 saturated carbocycles. The van der Waals surface area contributed by atoms with E-state index in [1.807, 2.05) is 58.0 Å². The highest BCUT2D eigenvalue weighted by Crippen LogP contribution is 2.66. The van der Waals surface area contributed by atoms with E-state index in [9.17, 15) is 48.2 Å². The number of phosphoric ester groups is 1. The second-order valence-corrected chi connectivity index (χ2v) is 22.7. The lowest BCUT2D eigenvalue weighted by Crippen LogP contribution is -2.42. The summed E-state index contributed by atoms with van der Waals surface area (Å²) < 4.78 is 56.4. The average Bonchev–Trinajstić information content (AvgIpc) is 3.89. The van der Waals surface area contributed by atoms with Gasteiger partial charge in [0.15, 0.2) is 23.8 Å². The molecule has 1 saturated heterocycles. The highest BCUT2D eigenvalue weighted by atomic mass is 32.5. The first-order chi connectivity index (χ1) is 35.0. The molecule has 30 heteroatoms. The molecule has 3 aliphatic rings. The van der Waals surface area contributed by atoms with Gasteiger partial charge in [0.05, 0.1) is 18.3 Å². The maximum absolute atomic E-state index is 14.3. The number of amides is 3. The van der Waals surface area contributed by atoms with Crippen LogP contribution in [-0.2, 0) is 48.4 Å². The Bertz CT molecular complexity index is 3260. The van der Waals surface area contributed by atoms with E-state index in [0.717, 1.165) is 51.6 Å². The Kier molecular flexibility index (Phi) is 17.7. The number of carbonyl (C=O) groups excluding carboxylic acids is 3. The molecule has 1 fully saturated rings. The molecule has 2 aromatic carbocycles. The maximum atomic E-state index is 14.3. The molecule has 0 bridgehead atoms. The smallest absolute Gasteiger partial charge is 0.456 e. The fourth-order valence-electron chi connectivity index (χ4n) is 8.25. The minimum Gasteiger partial charge on any atom is -0.456 e. The molecular formula is C44H55N10O16P3S. The van der Waals surface area contributed by atoms with E-state index < -0.39 is 59.6 Å². The maximum Gasteiger partial charge on any atom is 0.488 e. The van der Waals surface area contributed by atoms with Crippen LogP contribution in [0.25, 0.3) is 44.6 Å². The molecule has 7 rings (SSSR count). The van der Waals surface area contributed by atoms with Crippen molar-refractivity contribution in [2.75, 3.05) is 57.4 Å². The van der Waals surface area contributed by atoms with Gasteiger partial charge in [-0.2, -0.15) is 4.31 Å². The molecule has 0 spiro atoms. The quantitative estimate of drug-likeness (QED) is 0.0274. The van der Waals surface area contributed by atoms with Crippen LogP contribution in [0, 0.1) is 13.8 Å². The van der Waals surface area contributed by atoms with Gasteiger partial charge in [-0.05, 0) is 80.8 Å². The number of carbonyl (C=O) groups is 3. The number of imidazole rings is 1. The van der Waals surface area contributed by atoms with Gasteiger partial charge in [-0.15, -0.1) is 0 Å². The Morgan fingerprint density at radius 2 is 1.70 bits per heavy atom. The Labute approximate surface area is 427 Å². The number of hydrogen-bond donors (Lipinski definition) is 9. The molecule has 398 valence electrons. The van der Waals surface area contributed by atoms with Crippen molar-refractivity contribution >= 4 is 85.7 Å². The lowest BCUT2D eigenvalue weighted by atomic mass is 9.89. The zero-order valence-electron chi connectivity index (χ0n) is 40.5. The molecule has 2 unspecified atom stereocenters. The topological polar surface area (TPSA) is 367 Å². The number of nitrogens with zero attached hydrogens (tertiary/aromatic N) is 6. The summed E-state index contributed by atoms with van der Waals surface area (Å²) in [6.07, 6.45) is -5.02. The Balaban J connectivity index is 0.959. The molecule has 10 N–H and O–H groups in total. The first kappa shape index (κ1) is 56.0. The van der Waals surface area contributed by atoms with Gasteiger partial charge in [0.1, 0.15) is 35.4 Å². The van der Waals surface area contributed by atoms with Crippen molar-refractivity contribution < 1.29 is 75.2 Å². The van der Waals surface area contributed by atoms with Gasteiger partial charge < -0.3 is 65.2 Å². The van der Waals surface area contributed by atoms with Crippen LogP contribution in [0.4, 0.5) is 16.3 Å². The van der Waals surface area contributed by atoms with Crippen molar-refractivity contribution in [1.82, 2.24) is 35.1 Å². The Morgan fingerprint density at radius 1 is 0.959 bits per heavy atom. The summed E-state index contributed by atoms with van der Waals surface area (Å²) >= 11 is 4.10. The molecule has 2 aromatic heterocycles. The number of nitrogens with one attached hydrogen (secondary N) is 3. The van der Waals surface area contributed by atoms with Crippen molar-refractivity contribution in [2.45, 2.75) is 65.1 Å². The van der Waals surface area contributed by atoms with Crippen molar-refractivity contribution in [3.63, 3.8) is 0 Å². The predicted molar refractivity (Wildman–Crippen MR) is 272 cm³/mol. The summed E-state index contributed by atoms with van der Waals surface area (Å²) in [6, 6.07) is 15.4. The number of nitrogen functional groups attached to an aromatic ring is 1. The fraction of sp³-hybridized carbons (Fsp3) is 0.386. The van der Waals surface area contributed by atoms with E-state index >= 15 is 0 Å². The van der Waals surface area contributed by atoms with Gasteiger partial charge in [-0.3, -0.25) is 23.7 Å². The number of alkyl carbamates (subject to hydrolysis) is 1. The molecule has 4 aromatic rings. The molecule has 1 aliphatic carbocycles. The molecule has 2 aliphatic heterocycles. The van der Waals surface area contributed by atoms with Gasteiger partial charge >= 0.3 is 28.5 Å². The number of aliphatic hydroxyl groups is 1. The van der Waals surface area contributed by atoms with Gasteiger partial charge in [0.2, 0.25) is 5.91 Å². The van der Waals surface area contributed by atoms with Gasteiger partial charge in [0.25, 0.3) is 5.91 Å². The Morgan fingerprint density at radius 3 is 2.43 bits per heavy atom. The third-order valence-corrected chi connectivity index (χ3v) is 15.9. The number of nitrogens with two attached hydrogens (primary N) is 1. The SMILES string of the molecule is CCN=c1cc2oc3cc(NCC)c(C)cc3c(-c3ccccc3C(=O)N(C)CCCC(=O)NCCNC(=O)O[C@H]3[C@@H](O)[C@H](n4cnc5c(N)ncnc54)O[C@@H]3COP(=O)(O)OP(=O)(O)OP(O)(O)=S)c-2cc1C. The van der Waals surface area contributed by atoms with Crippen LogP contribution in [0.1, 0.15) is 54.4 Å². The van der Waals surface area contributed by atoms with Crippen LogP contribution in [-0.4, -0.2) is 132 Å². The first-order valence-electron chi connectivity index (χ1n) is 22.9. The van der Waals surface area contributed by atoms with Crippen LogP contribution in [0.5, 0.6) is 0 Å². The number of ether oxygens (including phenoxy) is 2. The van der Waals surface area contributed by atoms with E-state index in [2.05, 4.69) is 62.4 Å². The molecule has 74 heavy (non-hydrogen) atoms. The summed E-state index contributed by atoms with van der Waals surface area (Å²) in [4.78, 5) is 96.7. The molecule has 3 amide bonds. The highest BCUT2D eigenvalue weighted by molar-refractivity contribution is 8.08. The molecular weight excluding hydrogens is 1050 g/mol. The van der Waals surface area contributed by atoms with Crippen LogP contribution in [0.3, 0.4) is 0 Å². The van der Waals surface area contributed by atoms with E-state index in [-0.39, 0.29) is 54.9 Å². The van der Waals surface area contributed by atoms with Crippen LogP contribution >= 0.6 is 22.4 Å². The third-order valence-electron chi connectivity index (χ3n) is 11.5. The van der Waals surface area contributed by atoms with Crippen LogP contribution < -0.4 is 27.0 Å². The Hall–Kier alpha value is -5.76. The highest BCUT2D eigenvalue weighted by Gasteiger charge is 2.49. The molecule has 0 radical (unpaired) electrons. The standard InChI is InChI=1S/C44H55N10O16P3S/c1-6-46-30-19-32-28(17-24(30)3)36(29-18-25(4)31(47-7-2)20-33(29)66-32)26-11-8-9-12-27(26)42(57)53(5)16-10-13-35(55)48-14-15-49-44(58)68-39-34(21-65-71(59,60)69-72(61,62)70-73(63,64)74)67-43(38(39)56)54-23-52-37-40(45)50-22-51-41(37)54/h8-9,11-12,17-20,22-23,34,38-39,43,46,56H,6-7,10,13-16,21H2,1-5H3,(H,48,55)(H,49,58)(H,59,60)(H,61,62)(H2,45,50,51)(H2,63,64,74)/t34-,38-,39-,43-/m1/s1. The third kappa shape index (κ3) is 13.4. The number of anilines is 2. The van der Waals surface area contributed by atoms with E-state index in [0.29, 0.717) is 35.4 Å². The first-order valence-corrected chi connectivity index (χ1v) is 28.5. The van der Waals surface area contributed by atoms with Crippen molar-refractivity contribution in [3.05, 3.63) is 83.2 Å². The summed E-state index contributed by atoms with van der Waals surface area (Å²) in [6.45, 7) is 3.37. The number of aliphatic hydroxyl groups excluding tert-OH is 1. The van der Waals surface area contributed by atoms with Gasteiger partial charge in [-0.25, -0.2) is 33.2 Å².